The average molecular weight is 517 g/mol. The third-order valence-corrected chi connectivity index (χ3v) is 7.56. The van der Waals surface area contributed by atoms with Crippen molar-refractivity contribution in [3.05, 3.63) is 52.8 Å². The van der Waals surface area contributed by atoms with Crippen LogP contribution in [0, 0.1) is 6.92 Å². The second-order valence-electron chi connectivity index (χ2n) is 9.98. The van der Waals surface area contributed by atoms with Crippen LogP contribution in [0.2, 0.25) is 0 Å². The second-order valence-corrected chi connectivity index (χ2v) is 9.98. The van der Waals surface area contributed by atoms with Crippen LogP contribution in [0.1, 0.15) is 48.1 Å². The first-order valence-corrected chi connectivity index (χ1v) is 12.1. The van der Waals surface area contributed by atoms with Gasteiger partial charge < -0.3 is 25.0 Å². The van der Waals surface area contributed by atoms with E-state index in [4.69, 9.17) is 0 Å². The molecule has 0 aliphatic carbocycles. The number of rotatable bonds is 3. The molecule has 2 aromatic heterocycles. The highest BCUT2D eigenvalue weighted by Gasteiger charge is 2.57. The molecule has 0 spiro atoms. The number of aromatic amines is 1. The summed E-state index contributed by atoms with van der Waals surface area (Å²) in [5.41, 5.74) is 2.06. The van der Waals surface area contributed by atoms with Crippen molar-refractivity contribution in [3.63, 3.8) is 0 Å². The van der Waals surface area contributed by atoms with Crippen LogP contribution in [-0.2, 0) is 17.8 Å². The van der Waals surface area contributed by atoms with Gasteiger partial charge in [-0.25, -0.2) is 9.78 Å². The van der Waals surface area contributed by atoms with E-state index < -0.39 is 29.8 Å². The number of alkyl halides is 3. The number of nitrogens with one attached hydrogen (secondary N) is 1. The molecular weight excluding hydrogens is 489 g/mol. The summed E-state index contributed by atoms with van der Waals surface area (Å²) in [6.07, 6.45) is -1.12. The lowest BCUT2D eigenvalue weighted by atomic mass is 9.86. The first-order chi connectivity index (χ1) is 17.4. The van der Waals surface area contributed by atoms with Gasteiger partial charge in [-0.1, -0.05) is 6.07 Å². The van der Waals surface area contributed by atoms with Gasteiger partial charge in [0.1, 0.15) is 5.65 Å². The van der Waals surface area contributed by atoms with Gasteiger partial charge in [-0.2, -0.15) is 13.2 Å². The lowest BCUT2D eigenvalue weighted by Gasteiger charge is -2.37. The molecule has 0 radical (unpaired) electrons. The third-order valence-electron chi connectivity index (χ3n) is 7.56. The number of aliphatic hydroxyl groups is 1. The number of fused-ring (bicyclic) bond motifs is 2. The molecule has 3 aromatic rings. The lowest BCUT2D eigenvalue weighted by Crippen LogP contribution is -2.56. The molecule has 8 nitrogen and oxygen atoms in total. The predicted octanol–water partition coefficient (Wildman–Crippen LogP) is 4.55. The smallest absolute Gasteiger partial charge is 0.426 e. The number of hydrogen-bond acceptors (Lipinski definition) is 4. The van der Waals surface area contributed by atoms with Crippen molar-refractivity contribution in [2.45, 2.75) is 57.5 Å². The maximum Gasteiger partial charge on any atom is 0.426 e. The van der Waals surface area contributed by atoms with E-state index in [1.165, 1.54) is 4.90 Å². The lowest BCUT2D eigenvalue weighted by molar-refractivity contribution is -0.250. The van der Waals surface area contributed by atoms with E-state index in [0.29, 0.717) is 37.4 Å². The molecule has 1 unspecified atom stereocenters. The number of likely N-dealkylation sites (tertiary alicyclic amines) is 1. The van der Waals surface area contributed by atoms with Gasteiger partial charge in [0.05, 0.1) is 6.04 Å². The Morgan fingerprint density at radius 2 is 1.92 bits per heavy atom. The van der Waals surface area contributed by atoms with E-state index in [-0.39, 0.29) is 19.5 Å². The first-order valence-electron chi connectivity index (χ1n) is 12.1. The Morgan fingerprint density at radius 1 is 1.16 bits per heavy atom. The molecule has 37 heavy (non-hydrogen) atoms. The fraction of sp³-hybridized carbons (Fsp3) is 0.423. The van der Waals surface area contributed by atoms with E-state index in [2.05, 4.69) is 9.97 Å². The number of hydrogen-bond donors (Lipinski definition) is 3. The number of H-pyrrole nitrogens is 1. The van der Waals surface area contributed by atoms with E-state index >= 15 is 0 Å². The third kappa shape index (κ3) is 4.20. The number of nitrogens with zero attached hydrogens (tertiary/aromatic N) is 3. The Hall–Kier alpha value is -3.60. The molecule has 5 rings (SSSR count). The van der Waals surface area contributed by atoms with Crippen molar-refractivity contribution in [1.82, 2.24) is 19.8 Å². The number of carboxylic acid groups (broad SMARTS) is 1. The Labute approximate surface area is 210 Å². The SMILES string of the molecule is Cc1c[nH]c2ncc(-c3cc4c(c([C@@H]5CCCN5C(=O)O)c3)CN(C(=O)C(C)(O)C(F)(F)F)CC4)cc12. The summed E-state index contributed by atoms with van der Waals surface area (Å²) >= 11 is 0. The van der Waals surface area contributed by atoms with Gasteiger partial charge in [0, 0.05) is 43.0 Å². The van der Waals surface area contributed by atoms with E-state index in [9.17, 15) is 33.0 Å². The highest BCUT2D eigenvalue weighted by atomic mass is 19.4. The fourth-order valence-electron chi connectivity index (χ4n) is 5.38. The van der Waals surface area contributed by atoms with E-state index in [1.807, 2.05) is 31.3 Å². The summed E-state index contributed by atoms with van der Waals surface area (Å²) in [6, 6.07) is 5.32. The summed E-state index contributed by atoms with van der Waals surface area (Å²) in [4.78, 5) is 34.7. The number of aryl methyl sites for hydroxylation is 1. The van der Waals surface area contributed by atoms with Gasteiger partial charge >= 0.3 is 12.3 Å². The fourth-order valence-corrected chi connectivity index (χ4v) is 5.38. The van der Waals surface area contributed by atoms with Gasteiger partial charge in [0.15, 0.2) is 0 Å². The quantitative estimate of drug-likeness (QED) is 0.473. The zero-order valence-electron chi connectivity index (χ0n) is 20.4. The van der Waals surface area contributed by atoms with Crippen LogP contribution in [-0.4, -0.2) is 66.8 Å². The van der Waals surface area contributed by atoms with Gasteiger partial charge in [-0.05, 0) is 73.1 Å². The van der Waals surface area contributed by atoms with Gasteiger partial charge in [-0.15, -0.1) is 0 Å². The van der Waals surface area contributed by atoms with Crippen LogP contribution in [0.5, 0.6) is 0 Å². The number of amides is 2. The molecule has 2 aliphatic rings. The van der Waals surface area contributed by atoms with Crippen molar-refractivity contribution < 1.29 is 33.0 Å². The van der Waals surface area contributed by atoms with Crippen LogP contribution in [0.25, 0.3) is 22.2 Å². The second kappa shape index (κ2) is 8.76. The maximum absolute atomic E-state index is 13.4. The molecule has 196 valence electrons. The molecule has 2 aliphatic heterocycles. The minimum atomic E-state index is -5.12. The molecule has 2 amide bonds. The van der Waals surface area contributed by atoms with E-state index in [0.717, 1.165) is 38.2 Å². The Balaban J connectivity index is 1.60. The van der Waals surface area contributed by atoms with Crippen LogP contribution in [0.15, 0.2) is 30.6 Å². The molecule has 3 N–H and O–H groups in total. The Bertz CT molecular complexity index is 1400. The van der Waals surface area contributed by atoms with E-state index in [1.54, 1.807) is 6.20 Å². The van der Waals surface area contributed by atoms with Crippen molar-refractivity contribution >= 4 is 23.0 Å². The zero-order valence-corrected chi connectivity index (χ0v) is 20.4. The molecule has 11 heteroatoms. The predicted molar refractivity (Wildman–Crippen MR) is 129 cm³/mol. The van der Waals surface area contributed by atoms with Crippen LogP contribution >= 0.6 is 0 Å². The van der Waals surface area contributed by atoms with Gasteiger partial charge in [-0.3, -0.25) is 4.79 Å². The van der Waals surface area contributed by atoms with Gasteiger partial charge in [0.25, 0.3) is 5.91 Å². The molecule has 1 aromatic carbocycles. The van der Waals surface area contributed by atoms with Crippen molar-refractivity contribution in [2.75, 3.05) is 13.1 Å². The summed E-state index contributed by atoms with van der Waals surface area (Å²) in [7, 11) is 0. The largest absolute Gasteiger partial charge is 0.465 e. The summed E-state index contributed by atoms with van der Waals surface area (Å²) in [5.74, 6) is -1.42. The normalized spacial score (nSPS) is 19.7. The minimum absolute atomic E-state index is 0.00245. The molecular formula is C26H27F3N4O4. The van der Waals surface area contributed by atoms with Crippen molar-refractivity contribution in [2.24, 2.45) is 0 Å². The first kappa shape index (κ1) is 25.1. The molecule has 0 saturated carbocycles. The zero-order chi connectivity index (χ0) is 26.7. The Morgan fingerprint density at radius 3 is 2.62 bits per heavy atom. The number of aromatic nitrogens is 2. The topological polar surface area (TPSA) is 110 Å². The number of halogens is 3. The summed E-state index contributed by atoms with van der Waals surface area (Å²) in [5, 5.41) is 20.7. The van der Waals surface area contributed by atoms with Crippen molar-refractivity contribution in [1.29, 1.82) is 0 Å². The Kier molecular flexibility index (Phi) is 5.93. The molecule has 2 atom stereocenters. The molecule has 4 heterocycles. The average Bonchev–Trinajstić information content (AvgIpc) is 3.49. The number of carbonyl (C=O) groups is 2. The number of carbonyl (C=O) groups excluding carboxylic acids is 1. The highest BCUT2D eigenvalue weighted by molar-refractivity contribution is 5.86. The number of pyridine rings is 1. The summed E-state index contributed by atoms with van der Waals surface area (Å²) < 4.78 is 40.1. The molecule has 1 fully saturated rings. The highest BCUT2D eigenvalue weighted by Crippen LogP contribution is 2.41. The standard InChI is InChI=1S/C26H27F3N4O4/c1-14-11-30-22-18(14)10-17(12-31-22)16-8-15-5-7-32(23(34)25(2,37)26(27,28)29)13-20(15)19(9-16)21-4-3-6-33(21)24(35)36/h8-12,21,37H,3-7,13H2,1-2H3,(H,30,31)(H,35,36)/t21-,25?/m0/s1. The van der Waals surface area contributed by atoms with Crippen LogP contribution in [0.3, 0.4) is 0 Å². The van der Waals surface area contributed by atoms with Crippen LogP contribution in [0.4, 0.5) is 18.0 Å². The van der Waals surface area contributed by atoms with Crippen molar-refractivity contribution in [3.8, 4) is 11.1 Å². The molecule has 0 bridgehead atoms. The number of benzene rings is 1. The van der Waals surface area contributed by atoms with Gasteiger partial charge in [0.2, 0.25) is 5.60 Å². The monoisotopic (exact) mass is 516 g/mol. The summed E-state index contributed by atoms with van der Waals surface area (Å²) in [6.45, 7) is 2.63. The molecule has 1 saturated heterocycles. The van der Waals surface area contributed by atoms with Crippen LogP contribution < -0.4 is 0 Å². The minimum Gasteiger partial charge on any atom is -0.465 e. The maximum atomic E-state index is 13.4.